The summed E-state index contributed by atoms with van der Waals surface area (Å²) in [7, 11) is 1.64. The van der Waals surface area contributed by atoms with E-state index in [1.807, 2.05) is 13.0 Å². The van der Waals surface area contributed by atoms with Crippen LogP contribution in [0.5, 0.6) is 0 Å². The van der Waals surface area contributed by atoms with Gasteiger partial charge in [-0.1, -0.05) is 6.08 Å². The first kappa shape index (κ1) is 19.5. The van der Waals surface area contributed by atoms with Crippen LogP contribution in [0.3, 0.4) is 0 Å². The summed E-state index contributed by atoms with van der Waals surface area (Å²) in [6.07, 6.45) is 8.58. The molecule has 3 atom stereocenters. The van der Waals surface area contributed by atoms with Crippen LogP contribution in [0.25, 0.3) is 5.57 Å². The molecule has 1 aromatic heterocycles. The highest BCUT2D eigenvalue weighted by Gasteiger charge is 2.63. The van der Waals surface area contributed by atoms with Crippen molar-refractivity contribution in [2.24, 2.45) is 16.6 Å². The first-order valence-corrected chi connectivity index (χ1v) is 9.70. The molecule has 154 valence electrons. The number of amides is 1. The smallest absolute Gasteiger partial charge is 0.260 e. The summed E-state index contributed by atoms with van der Waals surface area (Å²) in [5.41, 5.74) is 8.89. The van der Waals surface area contributed by atoms with Crippen molar-refractivity contribution in [2.75, 3.05) is 12.4 Å². The van der Waals surface area contributed by atoms with Crippen LogP contribution in [-0.2, 0) is 4.79 Å². The molecule has 3 heterocycles. The number of carbonyl (C=O) groups is 1. The molecule has 3 unspecified atom stereocenters. The second-order valence-electron chi connectivity index (χ2n) is 7.82. The third-order valence-corrected chi connectivity index (χ3v) is 5.75. The van der Waals surface area contributed by atoms with Gasteiger partial charge in [0, 0.05) is 38.1 Å². The van der Waals surface area contributed by atoms with Gasteiger partial charge in [0.25, 0.3) is 5.92 Å². The molecule has 1 amide bonds. The van der Waals surface area contributed by atoms with E-state index in [9.17, 15) is 13.6 Å². The molecule has 3 aliphatic rings. The molecule has 4 rings (SSSR count). The number of hydrogen-bond donors (Lipinski definition) is 2. The average Bonchev–Trinajstić information content (AvgIpc) is 3.25. The number of aromatic nitrogens is 2. The molecular formula is C20H24F2N6O. The number of rotatable bonds is 5. The zero-order valence-corrected chi connectivity index (χ0v) is 16.4. The van der Waals surface area contributed by atoms with Gasteiger partial charge >= 0.3 is 0 Å². The largest absolute Gasteiger partial charge is 0.403 e. The van der Waals surface area contributed by atoms with Gasteiger partial charge in [0.1, 0.15) is 5.92 Å². The third-order valence-electron chi connectivity index (χ3n) is 5.75. The Balaban J connectivity index is 1.57. The van der Waals surface area contributed by atoms with E-state index < -0.39 is 17.7 Å². The Kier molecular flexibility index (Phi) is 4.84. The molecule has 2 bridgehead atoms. The molecule has 0 aromatic carbocycles. The van der Waals surface area contributed by atoms with Gasteiger partial charge in [-0.15, -0.1) is 0 Å². The van der Waals surface area contributed by atoms with Crippen LogP contribution in [0.2, 0.25) is 0 Å². The Hall–Kier alpha value is -2.84. The fourth-order valence-corrected chi connectivity index (χ4v) is 4.22. The van der Waals surface area contributed by atoms with Crippen LogP contribution in [0.4, 0.5) is 14.7 Å². The van der Waals surface area contributed by atoms with Crippen molar-refractivity contribution in [2.45, 2.75) is 50.6 Å². The molecule has 1 aliphatic carbocycles. The van der Waals surface area contributed by atoms with Gasteiger partial charge in [-0.25, -0.2) is 18.7 Å². The Morgan fingerprint density at radius 3 is 2.83 bits per heavy atom. The van der Waals surface area contributed by atoms with Crippen LogP contribution in [0, 0.1) is 12.8 Å². The summed E-state index contributed by atoms with van der Waals surface area (Å²) in [4.78, 5) is 27.1. The van der Waals surface area contributed by atoms with Crippen molar-refractivity contribution in [1.82, 2.24) is 14.9 Å². The number of aryl methyl sites for hydroxylation is 1. The van der Waals surface area contributed by atoms with E-state index in [4.69, 9.17) is 5.73 Å². The van der Waals surface area contributed by atoms with E-state index in [1.54, 1.807) is 24.4 Å². The number of allylic oxidation sites excluding steroid dienone is 1. The molecule has 29 heavy (non-hydrogen) atoms. The van der Waals surface area contributed by atoms with Crippen LogP contribution in [0.1, 0.15) is 36.9 Å². The first-order valence-electron chi connectivity index (χ1n) is 9.70. The van der Waals surface area contributed by atoms with E-state index in [2.05, 4.69) is 20.3 Å². The van der Waals surface area contributed by atoms with Gasteiger partial charge in [-0.2, -0.15) is 0 Å². The lowest BCUT2D eigenvalue weighted by atomic mass is 9.96. The molecule has 7 nitrogen and oxygen atoms in total. The number of anilines is 1. The van der Waals surface area contributed by atoms with E-state index >= 15 is 0 Å². The molecule has 1 saturated heterocycles. The second kappa shape index (κ2) is 7.20. The molecule has 0 spiro atoms. The number of fused-ring (bicyclic) bond motifs is 2. The first-order chi connectivity index (χ1) is 13.8. The molecule has 1 saturated carbocycles. The second-order valence-corrected chi connectivity index (χ2v) is 7.82. The molecule has 1 aromatic rings. The number of nitrogens with two attached hydrogens (primary N) is 1. The minimum Gasteiger partial charge on any atom is -0.403 e. The van der Waals surface area contributed by atoms with Crippen LogP contribution < -0.4 is 11.1 Å². The van der Waals surface area contributed by atoms with Crippen molar-refractivity contribution in [3.8, 4) is 0 Å². The minimum absolute atomic E-state index is 0.0543. The Morgan fingerprint density at radius 1 is 1.45 bits per heavy atom. The summed E-state index contributed by atoms with van der Waals surface area (Å²) < 4.78 is 26.8. The maximum absolute atomic E-state index is 13.4. The average molecular weight is 402 g/mol. The van der Waals surface area contributed by atoms with Crippen molar-refractivity contribution in [1.29, 1.82) is 0 Å². The zero-order chi connectivity index (χ0) is 20.8. The van der Waals surface area contributed by atoms with Crippen molar-refractivity contribution in [3.63, 3.8) is 0 Å². The molecular weight excluding hydrogens is 378 g/mol. The van der Waals surface area contributed by atoms with Crippen LogP contribution in [-0.4, -0.2) is 52.0 Å². The van der Waals surface area contributed by atoms with E-state index in [1.165, 1.54) is 6.20 Å². The van der Waals surface area contributed by atoms with E-state index in [-0.39, 0.29) is 18.5 Å². The van der Waals surface area contributed by atoms with Gasteiger partial charge in [0.15, 0.2) is 0 Å². The fourth-order valence-electron chi connectivity index (χ4n) is 4.22. The summed E-state index contributed by atoms with van der Waals surface area (Å²) in [6, 6.07) is -0.202. The van der Waals surface area contributed by atoms with Crippen molar-refractivity contribution in [3.05, 3.63) is 35.4 Å². The van der Waals surface area contributed by atoms with Crippen molar-refractivity contribution >= 4 is 23.6 Å². The highest BCUT2D eigenvalue weighted by molar-refractivity contribution is 5.85. The Bertz CT molecular complexity index is 926. The normalized spacial score (nSPS) is 27.9. The number of halogens is 2. The Labute approximate surface area is 167 Å². The van der Waals surface area contributed by atoms with Gasteiger partial charge < -0.3 is 16.0 Å². The zero-order valence-electron chi connectivity index (χ0n) is 16.4. The number of carbonyl (C=O) groups excluding carboxylic acids is 1. The van der Waals surface area contributed by atoms with E-state index in [0.29, 0.717) is 18.1 Å². The summed E-state index contributed by atoms with van der Waals surface area (Å²) in [5.74, 6) is -3.98. The molecule has 0 radical (unpaired) electrons. The highest BCUT2D eigenvalue weighted by atomic mass is 19.3. The lowest BCUT2D eigenvalue weighted by molar-refractivity contribution is -0.137. The summed E-state index contributed by atoms with van der Waals surface area (Å²) in [5, 5.41) is 3.02. The predicted molar refractivity (Wildman–Crippen MR) is 106 cm³/mol. The van der Waals surface area contributed by atoms with Gasteiger partial charge in [-0.3, -0.25) is 9.79 Å². The molecule has 2 fully saturated rings. The van der Waals surface area contributed by atoms with Gasteiger partial charge in [0.05, 0.1) is 17.4 Å². The lowest BCUT2D eigenvalue weighted by Crippen LogP contribution is -2.44. The lowest BCUT2D eigenvalue weighted by Gasteiger charge is -2.34. The Morgan fingerprint density at radius 2 is 2.21 bits per heavy atom. The van der Waals surface area contributed by atoms with Gasteiger partial charge in [0.2, 0.25) is 11.9 Å². The monoisotopic (exact) mass is 402 g/mol. The maximum atomic E-state index is 13.4. The number of hydrogen-bond acceptors (Lipinski definition) is 6. The number of aliphatic imine (C=N–C) groups is 1. The van der Waals surface area contributed by atoms with E-state index in [0.717, 1.165) is 29.7 Å². The quantitative estimate of drug-likeness (QED) is 0.738. The maximum Gasteiger partial charge on any atom is 0.260 e. The van der Waals surface area contributed by atoms with Gasteiger partial charge in [-0.05, 0) is 37.3 Å². The number of nitrogens with zero attached hydrogens (tertiary/aromatic N) is 4. The summed E-state index contributed by atoms with van der Waals surface area (Å²) in [6.45, 7) is 1.93. The fraction of sp³-hybridized carbons (Fsp3) is 0.500. The highest BCUT2D eigenvalue weighted by Crippen LogP contribution is 2.51. The molecule has 9 heteroatoms. The minimum atomic E-state index is -2.83. The third kappa shape index (κ3) is 3.61. The summed E-state index contributed by atoms with van der Waals surface area (Å²) >= 11 is 0. The number of alkyl halides is 2. The van der Waals surface area contributed by atoms with Crippen LogP contribution in [0.15, 0.2) is 29.2 Å². The van der Waals surface area contributed by atoms with Crippen LogP contribution >= 0.6 is 0 Å². The number of nitrogens with one attached hydrogen (secondary N) is 1. The standard InChI is InChI=1S/C20H24F2N6O/c1-11-9-25-19(26-13(8-23)10-24-2)27-17(11)12-5-14-3-4-15(6-12)28(14)18(29)16-7-20(16,21)22/h5,8-10,14-16H,3-4,6-7,23H2,1-2H3,(H,25,26,27). The van der Waals surface area contributed by atoms with Crippen molar-refractivity contribution < 1.29 is 13.6 Å². The SMILES string of the molecule is CN=CC(=CN)Nc1ncc(C)c(C2=CC3CCC(C2)N3C(=O)C2CC2(F)F)n1. The molecule has 2 aliphatic heterocycles. The molecule has 3 N–H and O–H groups in total. The topological polar surface area (TPSA) is 96.5 Å². The predicted octanol–water partition coefficient (Wildman–Crippen LogP) is 2.50.